The summed E-state index contributed by atoms with van der Waals surface area (Å²) in [6, 6.07) is 0.235. The van der Waals surface area contributed by atoms with Gasteiger partial charge in [-0.1, -0.05) is 13.3 Å². The summed E-state index contributed by atoms with van der Waals surface area (Å²) < 4.78 is 0. The molecule has 114 valence electrons. The first-order chi connectivity index (χ1) is 9.51. The average Bonchev–Trinajstić information content (AvgIpc) is 2.81. The van der Waals surface area contributed by atoms with E-state index in [1.54, 1.807) is 0 Å². The minimum Gasteiger partial charge on any atom is -0.481 e. The van der Waals surface area contributed by atoms with Crippen molar-refractivity contribution >= 4 is 23.6 Å². The van der Waals surface area contributed by atoms with Gasteiger partial charge in [-0.05, 0) is 44.3 Å². The van der Waals surface area contributed by atoms with Gasteiger partial charge in [-0.3, -0.25) is 9.59 Å². The van der Waals surface area contributed by atoms with Crippen LogP contribution in [0.15, 0.2) is 0 Å². The molecule has 0 saturated heterocycles. The van der Waals surface area contributed by atoms with Crippen LogP contribution < -0.4 is 5.32 Å². The van der Waals surface area contributed by atoms with E-state index in [-0.39, 0.29) is 17.9 Å². The maximum Gasteiger partial charge on any atom is 0.307 e. The largest absolute Gasteiger partial charge is 0.481 e. The van der Waals surface area contributed by atoms with Crippen molar-refractivity contribution in [3.8, 4) is 0 Å². The highest BCUT2D eigenvalue weighted by atomic mass is 32.2. The Balaban J connectivity index is 1.92. The molecule has 2 N–H and O–H groups in total. The van der Waals surface area contributed by atoms with Crippen LogP contribution in [0.25, 0.3) is 0 Å². The number of carboxylic acid groups (broad SMARTS) is 1. The second-order valence-electron chi connectivity index (χ2n) is 6.36. The van der Waals surface area contributed by atoms with Gasteiger partial charge in [-0.2, -0.15) is 11.8 Å². The number of aliphatic carboxylic acids is 1. The van der Waals surface area contributed by atoms with Gasteiger partial charge in [0.1, 0.15) is 0 Å². The van der Waals surface area contributed by atoms with E-state index in [2.05, 4.69) is 11.6 Å². The highest BCUT2D eigenvalue weighted by molar-refractivity contribution is 7.99. The van der Waals surface area contributed by atoms with E-state index in [4.69, 9.17) is 0 Å². The molecule has 5 unspecified atom stereocenters. The second-order valence-corrected chi connectivity index (χ2v) is 7.50. The smallest absolute Gasteiger partial charge is 0.307 e. The van der Waals surface area contributed by atoms with Crippen LogP contribution in [0.5, 0.6) is 0 Å². The molecular weight excluding hydrogens is 274 g/mol. The second kappa shape index (κ2) is 6.83. The Bertz CT molecular complexity index is 374. The predicted molar refractivity (Wildman–Crippen MR) is 80.7 cm³/mol. The lowest BCUT2D eigenvalue weighted by molar-refractivity contribution is -0.146. The van der Waals surface area contributed by atoms with Crippen LogP contribution in [-0.2, 0) is 9.59 Å². The summed E-state index contributed by atoms with van der Waals surface area (Å²) in [4.78, 5) is 23.7. The first-order valence-electron chi connectivity index (χ1n) is 7.57. The third-order valence-electron chi connectivity index (χ3n) is 4.76. The molecule has 2 aliphatic carbocycles. The molecule has 2 aliphatic rings. The molecule has 0 aromatic rings. The van der Waals surface area contributed by atoms with Crippen molar-refractivity contribution in [2.75, 3.05) is 6.26 Å². The normalized spacial score (nSPS) is 37.6. The first-order valence-corrected chi connectivity index (χ1v) is 8.86. The lowest BCUT2D eigenvalue weighted by atomic mass is 9.92. The van der Waals surface area contributed by atoms with Crippen molar-refractivity contribution in [1.82, 2.24) is 5.32 Å². The predicted octanol–water partition coefficient (Wildman–Crippen LogP) is 2.52. The van der Waals surface area contributed by atoms with Crippen molar-refractivity contribution in [3.05, 3.63) is 0 Å². The zero-order valence-electron chi connectivity index (χ0n) is 12.3. The van der Waals surface area contributed by atoms with Gasteiger partial charge in [0, 0.05) is 11.3 Å². The Hall–Kier alpha value is -0.710. The van der Waals surface area contributed by atoms with Crippen LogP contribution in [0.3, 0.4) is 0 Å². The Kier molecular flexibility index (Phi) is 5.35. The van der Waals surface area contributed by atoms with E-state index >= 15 is 0 Å². The molecule has 0 spiro atoms. The summed E-state index contributed by atoms with van der Waals surface area (Å²) in [5.74, 6) is -1.35. The molecule has 1 amide bonds. The van der Waals surface area contributed by atoms with Crippen LogP contribution in [0.4, 0.5) is 0 Å². The lowest BCUT2D eigenvalue weighted by Gasteiger charge is -2.30. The number of carbonyl (C=O) groups is 2. The minimum atomic E-state index is -0.819. The molecule has 0 radical (unpaired) electrons. The first kappa shape index (κ1) is 15.7. The van der Waals surface area contributed by atoms with Crippen LogP contribution in [0, 0.1) is 17.8 Å². The van der Waals surface area contributed by atoms with E-state index in [1.165, 1.54) is 6.42 Å². The molecule has 5 atom stereocenters. The zero-order valence-corrected chi connectivity index (χ0v) is 13.1. The Labute approximate surface area is 125 Å². The molecule has 0 heterocycles. The standard InChI is InChI=1S/C15H25NO3S/c1-9-6-12(13(7-9)15(18)19)14(17)16-10-4-3-5-11(8-10)20-2/h9-13H,3-8H2,1-2H3,(H,16,17)(H,18,19). The summed E-state index contributed by atoms with van der Waals surface area (Å²) in [6.07, 6.45) is 7.89. The van der Waals surface area contributed by atoms with Crippen molar-refractivity contribution in [1.29, 1.82) is 0 Å². The highest BCUT2D eigenvalue weighted by Gasteiger charge is 2.41. The highest BCUT2D eigenvalue weighted by Crippen LogP contribution is 2.37. The molecule has 4 nitrogen and oxygen atoms in total. The van der Waals surface area contributed by atoms with Gasteiger partial charge < -0.3 is 10.4 Å². The SMILES string of the molecule is CSC1CCCC(NC(=O)C2CC(C)CC2C(=O)O)C1. The van der Waals surface area contributed by atoms with Crippen LogP contribution in [0.1, 0.15) is 45.4 Å². The van der Waals surface area contributed by atoms with Crippen molar-refractivity contribution < 1.29 is 14.7 Å². The maximum absolute atomic E-state index is 12.4. The van der Waals surface area contributed by atoms with Gasteiger partial charge in [0.2, 0.25) is 5.91 Å². The summed E-state index contributed by atoms with van der Waals surface area (Å²) >= 11 is 1.87. The lowest BCUT2D eigenvalue weighted by Crippen LogP contribution is -2.43. The average molecular weight is 299 g/mol. The fourth-order valence-corrected chi connectivity index (χ4v) is 4.48. The van der Waals surface area contributed by atoms with Gasteiger partial charge in [-0.25, -0.2) is 0 Å². The molecular formula is C15H25NO3S. The number of carboxylic acids is 1. The third-order valence-corrected chi connectivity index (χ3v) is 5.85. The summed E-state index contributed by atoms with van der Waals surface area (Å²) in [7, 11) is 0. The van der Waals surface area contributed by atoms with Crippen LogP contribution in [0.2, 0.25) is 0 Å². The summed E-state index contributed by atoms with van der Waals surface area (Å²) in [5.41, 5.74) is 0. The third kappa shape index (κ3) is 3.68. The van der Waals surface area contributed by atoms with Crippen molar-refractivity contribution in [2.45, 2.75) is 56.7 Å². The number of nitrogens with one attached hydrogen (secondary N) is 1. The van der Waals surface area contributed by atoms with E-state index in [1.807, 2.05) is 18.7 Å². The van der Waals surface area contributed by atoms with Gasteiger partial charge >= 0.3 is 5.97 Å². The topological polar surface area (TPSA) is 66.4 Å². The van der Waals surface area contributed by atoms with Gasteiger partial charge in [-0.15, -0.1) is 0 Å². The van der Waals surface area contributed by atoms with Crippen molar-refractivity contribution in [2.24, 2.45) is 17.8 Å². The number of rotatable bonds is 4. The van der Waals surface area contributed by atoms with E-state index in [0.29, 0.717) is 24.0 Å². The molecule has 20 heavy (non-hydrogen) atoms. The van der Waals surface area contributed by atoms with Crippen LogP contribution >= 0.6 is 11.8 Å². The monoisotopic (exact) mass is 299 g/mol. The van der Waals surface area contributed by atoms with E-state index < -0.39 is 11.9 Å². The van der Waals surface area contributed by atoms with Crippen molar-refractivity contribution in [3.63, 3.8) is 0 Å². The minimum absolute atomic E-state index is 0.0338. The van der Waals surface area contributed by atoms with Gasteiger partial charge in [0.05, 0.1) is 11.8 Å². The number of thioether (sulfide) groups is 1. The molecule has 0 aliphatic heterocycles. The van der Waals surface area contributed by atoms with E-state index in [0.717, 1.165) is 19.3 Å². The zero-order chi connectivity index (χ0) is 14.7. The molecule has 2 fully saturated rings. The molecule has 2 saturated carbocycles. The Morgan fingerprint density at radius 2 is 1.85 bits per heavy atom. The van der Waals surface area contributed by atoms with Crippen LogP contribution in [-0.4, -0.2) is 34.5 Å². The molecule has 2 rings (SSSR count). The maximum atomic E-state index is 12.4. The number of hydrogen-bond donors (Lipinski definition) is 2. The summed E-state index contributed by atoms with van der Waals surface area (Å²) in [5, 5.41) is 13.0. The molecule has 0 bridgehead atoms. The Morgan fingerprint density at radius 3 is 2.50 bits per heavy atom. The quantitative estimate of drug-likeness (QED) is 0.837. The number of hydrogen-bond acceptors (Lipinski definition) is 3. The molecule has 0 aromatic heterocycles. The number of amides is 1. The van der Waals surface area contributed by atoms with E-state index in [9.17, 15) is 14.7 Å². The van der Waals surface area contributed by atoms with Gasteiger partial charge in [0.25, 0.3) is 0 Å². The summed E-state index contributed by atoms with van der Waals surface area (Å²) in [6.45, 7) is 2.04. The Morgan fingerprint density at radius 1 is 1.15 bits per heavy atom. The molecule has 0 aromatic carbocycles. The van der Waals surface area contributed by atoms with Gasteiger partial charge in [0.15, 0.2) is 0 Å². The fraction of sp³-hybridized carbons (Fsp3) is 0.867. The molecule has 5 heteroatoms. The number of carbonyl (C=O) groups excluding carboxylic acids is 1. The fourth-order valence-electron chi connectivity index (χ4n) is 3.65.